The SMILES string of the molecule is CNc1cc(C)c(/C=C/S(=O)(=O)N2CCC3(CC2)N=C(CCCCCCCC(F)(F)C(F)(F)F)NC3=O)c(C)c1. The minimum atomic E-state index is -5.52. The Bertz CT molecular complexity index is 1210. The molecule has 0 aromatic heterocycles. The second kappa shape index (κ2) is 12.5. The minimum Gasteiger partial charge on any atom is -0.388 e. The molecule has 0 aliphatic carbocycles. The molecule has 2 heterocycles. The fourth-order valence-electron chi connectivity index (χ4n) is 5.09. The van der Waals surface area contributed by atoms with Crippen molar-refractivity contribution in [3.8, 4) is 0 Å². The monoisotopic (exact) mass is 592 g/mol. The van der Waals surface area contributed by atoms with Gasteiger partial charge < -0.3 is 10.6 Å². The van der Waals surface area contributed by atoms with E-state index in [1.807, 2.05) is 33.0 Å². The summed E-state index contributed by atoms with van der Waals surface area (Å²) in [6, 6.07) is 3.89. The summed E-state index contributed by atoms with van der Waals surface area (Å²) >= 11 is 0. The van der Waals surface area contributed by atoms with E-state index in [0.29, 0.717) is 31.5 Å². The standard InChI is InChI=1S/C27H37F5N4O3S/c1-19-17-21(33-3)18-20(2)22(19)10-16-40(38,39)36-14-12-25(13-15-36)24(37)34-23(35-25)9-7-5-4-6-8-11-26(28,29)27(30,31)32/h10,16-18,33H,4-9,11-15H2,1-3H3,(H,34,35,37)/b16-10+. The summed E-state index contributed by atoms with van der Waals surface area (Å²) in [7, 11) is -1.89. The van der Waals surface area contributed by atoms with Gasteiger partial charge >= 0.3 is 12.1 Å². The van der Waals surface area contributed by atoms with Gasteiger partial charge in [-0.3, -0.25) is 9.79 Å². The lowest BCUT2D eigenvalue weighted by Gasteiger charge is -2.34. The first-order chi connectivity index (χ1) is 18.6. The quantitative estimate of drug-likeness (QED) is 0.232. The van der Waals surface area contributed by atoms with Gasteiger partial charge in [-0.05, 0) is 74.4 Å². The summed E-state index contributed by atoms with van der Waals surface area (Å²) in [4.78, 5) is 17.3. The molecular weight excluding hydrogens is 555 g/mol. The lowest BCUT2D eigenvalue weighted by molar-refractivity contribution is -0.284. The number of hydrogen-bond donors (Lipinski definition) is 2. The number of carbonyl (C=O) groups excluding carboxylic acids is 1. The molecule has 224 valence electrons. The second-order valence-corrected chi connectivity index (χ2v) is 12.4. The first kappa shape index (κ1) is 32.0. The van der Waals surface area contributed by atoms with Gasteiger partial charge in [0.05, 0.1) is 0 Å². The topological polar surface area (TPSA) is 90.9 Å². The highest BCUT2D eigenvalue weighted by molar-refractivity contribution is 7.92. The Kier molecular flexibility index (Phi) is 10.0. The van der Waals surface area contributed by atoms with Crippen molar-refractivity contribution in [1.29, 1.82) is 0 Å². The van der Waals surface area contributed by atoms with Gasteiger partial charge in [0.25, 0.3) is 5.91 Å². The normalized spacial score (nSPS) is 18.4. The van der Waals surface area contributed by atoms with E-state index in [9.17, 15) is 35.2 Å². The van der Waals surface area contributed by atoms with Crippen LogP contribution in [0.1, 0.15) is 74.5 Å². The van der Waals surface area contributed by atoms with E-state index in [1.165, 1.54) is 9.71 Å². The number of alkyl halides is 5. The van der Waals surface area contributed by atoms with Crippen LogP contribution in [0.15, 0.2) is 22.5 Å². The van der Waals surface area contributed by atoms with Crippen molar-refractivity contribution in [2.75, 3.05) is 25.5 Å². The molecule has 0 radical (unpaired) electrons. The van der Waals surface area contributed by atoms with Crippen molar-refractivity contribution in [2.45, 2.75) is 89.3 Å². The lowest BCUT2D eigenvalue weighted by atomic mass is 9.89. The summed E-state index contributed by atoms with van der Waals surface area (Å²) in [5, 5.41) is 7.05. The van der Waals surface area contributed by atoms with E-state index in [0.717, 1.165) is 22.4 Å². The second-order valence-electron chi connectivity index (χ2n) is 10.5. The number of aliphatic imine (C=N–C) groups is 1. The van der Waals surface area contributed by atoms with E-state index in [1.54, 1.807) is 6.08 Å². The molecule has 0 bridgehead atoms. The van der Waals surface area contributed by atoms with Crippen LogP contribution in [0.25, 0.3) is 6.08 Å². The lowest BCUT2D eigenvalue weighted by Crippen LogP contribution is -2.50. The predicted molar refractivity (Wildman–Crippen MR) is 146 cm³/mol. The maximum absolute atomic E-state index is 13.0. The number of benzene rings is 1. The number of hydrogen-bond acceptors (Lipinski definition) is 5. The molecule has 1 amide bonds. The summed E-state index contributed by atoms with van der Waals surface area (Å²) < 4.78 is 89.9. The number of piperidine rings is 1. The molecule has 1 saturated heterocycles. The average Bonchev–Trinajstić information content (AvgIpc) is 3.16. The number of amides is 1. The van der Waals surface area contributed by atoms with Crippen LogP contribution in [-0.2, 0) is 14.8 Å². The van der Waals surface area contributed by atoms with Gasteiger partial charge in [0, 0.05) is 44.1 Å². The van der Waals surface area contributed by atoms with E-state index < -0.39 is 34.1 Å². The zero-order valence-electron chi connectivity index (χ0n) is 23.0. The fraction of sp³-hybridized carbons (Fsp3) is 0.630. The molecule has 2 aliphatic heterocycles. The molecule has 1 aromatic carbocycles. The smallest absolute Gasteiger partial charge is 0.388 e. The Morgan fingerprint density at radius 3 is 2.17 bits per heavy atom. The average molecular weight is 593 g/mol. The molecule has 7 nitrogen and oxygen atoms in total. The molecule has 3 rings (SSSR count). The van der Waals surface area contributed by atoms with Crippen LogP contribution >= 0.6 is 0 Å². The van der Waals surface area contributed by atoms with Gasteiger partial charge in [0.1, 0.15) is 11.4 Å². The third kappa shape index (κ3) is 7.59. The van der Waals surface area contributed by atoms with Gasteiger partial charge in [0.15, 0.2) is 0 Å². The molecule has 1 spiro atoms. The van der Waals surface area contributed by atoms with Crippen molar-refractivity contribution in [3.63, 3.8) is 0 Å². The molecule has 0 unspecified atom stereocenters. The number of aryl methyl sites for hydroxylation is 2. The number of sulfonamides is 1. The number of unbranched alkanes of at least 4 members (excludes halogenated alkanes) is 4. The molecule has 2 N–H and O–H groups in total. The number of nitrogens with zero attached hydrogens (tertiary/aromatic N) is 2. The molecule has 1 fully saturated rings. The van der Waals surface area contributed by atoms with Gasteiger partial charge in [-0.25, -0.2) is 8.42 Å². The molecule has 1 aromatic rings. The predicted octanol–water partition coefficient (Wildman–Crippen LogP) is 5.94. The van der Waals surface area contributed by atoms with Gasteiger partial charge in [-0.15, -0.1) is 0 Å². The van der Waals surface area contributed by atoms with E-state index >= 15 is 0 Å². The summed E-state index contributed by atoms with van der Waals surface area (Å²) in [6.45, 7) is 4.13. The number of amidine groups is 1. The third-order valence-electron chi connectivity index (χ3n) is 7.55. The Balaban J connectivity index is 1.47. The largest absolute Gasteiger partial charge is 0.453 e. The van der Waals surface area contributed by atoms with Crippen LogP contribution in [0.5, 0.6) is 0 Å². The minimum absolute atomic E-state index is 0.149. The van der Waals surface area contributed by atoms with Gasteiger partial charge in [-0.2, -0.15) is 26.3 Å². The first-order valence-corrected chi connectivity index (χ1v) is 14.9. The van der Waals surface area contributed by atoms with Crippen molar-refractivity contribution in [3.05, 3.63) is 34.2 Å². The Morgan fingerprint density at radius 1 is 1.02 bits per heavy atom. The molecule has 0 saturated carbocycles. The van der Waals surface area contributed by atoms with E-state index in [2.05, 4.69) is 15.6 Å². The van der Waals surface area contributed by atoms with Crippen LogP contribution in [0.3, 0.4) is 0 Å². The Morgan fingerprint density at radius 2 is 1.60 bits per heavy atom. The highest BCUT2D eigenvalue weighted by Crippen LogP contribution is 2.39. The number of halogens is 5. The Labute approximate surface area is 232 Å². The maximum Gasteiger partial charge on any atom is 0.453 e. The van der Waals surface area contributed by atoms with Crippen LogP contribution in [0.4, 0.5) is 27.6 Å². The number of nitrogens with one attached hydrogen (secondary N) is 2. The van der Waals surface area contributed by atoms with Crippen LogP contribution in [0.2, 0.25) is 0 Å². The third-order valence-corrected chi connectivity index (χ3v) is 9.11. The van der Waals surface area contributed by atoms with E-state index in [4.69, 9.17) is 0 Å². The van der Waals surface area contributed by atoms with Crippen LogP contribution in [0, 0.1) is 13.8 Å². The molecule has 0 atom stereocenters. The maximum atomic E-state index is 13.0. The number of carbonyl (C=O) groups is 1. The molecular formula is C27H37F5N4O3S. The summed E-state index contributed by atoms with van der Waals surface area (Å²) in [6.07, 6.45) is -2.44. The molecule has 2 aliphatic rings. The number of rotatable bonds is 12. The summed E-state index contributed by atoms with van der Waals surface area (Å²) in [5.41, 5.74) is 2.66. The fourth-order valence-corrected chi connectivity index (χ4v) is 6.26. The Hall–Kier alpha value is -2.54. The highest BCUT2D eigenvalue weighted by Gasteiger charge is 2.56. The van der Waals surface area contributed by atoms with Crippen LogP contribution < -0.4 is 10.6 Å². The van der Waals surface area contributed by atoms with Crippen molar-refractivity contribution < 1.29 is 35.2 Å². The van der Waals surface area contributed by atoms with Crippen LogP contribution in [-0.4, -0.2) is 62.2 Å². The van der Waals surface area contributed by atoms with Crippen molar-refractivity contribution >= 4 is 33.5 Å². The van der Waals surface area contributed by atoms with Crippen molar-refractivity contribution in [1.82, 2.24) is 9.62 Å². The van der Waals surface area contributed by atoms with Gasteiger partial charge in [0.2, 0.25) is 10.0 Å². The van der Waals surface area contributed by atoms with Gasteiger partial charge in [-0.1, -0.05) is 19.3 Å². The van der Waals surface area contributed by atoms with E-state index in [-0.39, 0.29) is 44.7 Å². The highest BCUT2D eigenvalue weighted by atomic mass is 32.2. The van der Waals surface area contributed by atoms with Crippen molar-refractivity contribution in [2.24, 2.45) is 4.99 Å². The first-order valence-electron chi connectivity index (χ1n) is 13.4. The molecule has 40 heavy (non-hydrogen) atoms. The summed E-state index contributed by atoms with van der Waals surface area (Å²) in [5.74, 6) is -4.42. The number of anilines is 1. The molecule has 13 heteroatoms. The zero-order valence-corrected chi connectivity index (χ0v) is 23.8. The zero-order chi connectivity index (χ0) is 29.8.